The molecule has 0 aromatic heterocycles. The molecular weight excluding hydrogens is 168 g/mol. The molecule has 0 atom stereocenters. The quantitative estimate of drug-likeness (QED) is 0.527. The summed E-state index contributed by atoms with van der Waals surface area (Å²) in [5.74, 6) is 0.727. The molecule has 78 valence electrons. The molecule has 4 nitrogen and oxygen atoms in total. The highest BCUT2D eigenvalue weighted by molar-refractivity contribution is 5.64. The Hall–Kier alpha value is -0.770. The predicted molar refractivity (Wildman–Crippen MR) is 53.0 cm³/mol. The summed E-state index contributed by atoms with van der Waals surface area (Å²) in [6, 6.07) is 0. The zero-order valence-corrected chi connectivity index (χ0v) is 8.47. The predicted octanol–water partition coefficient (Wildman–Crippen LogP) is 1.28. The summed E-state index contributed by atoms with van der Waals surface area (Å²) in [4.78, 5) is 10.0. The van der Waals surface area contributed by atoms with Gasteiger partial charge in [-0.15, -0.1) is 0 Å². The molecule has 1 amide bonds. The summed E-state index contributed by atoms with van der Waals surface area (Å²) in [6.07, 6.45) is 1.08. The molecule has 0 aliphatic heterocycles. The first-order valence-electron chi connectivity index (χ1n) is 4.80. The van der Waals surface area contributed by atoms with E-state index in [1.54, 1.807) is 0 Å². The van der Waals surface area contributed by atoms with Crippen LogP contribution >= 0.6 is 0 Å². The van der Waals surface area contributed by atoms with Gasteiger partial charge in [0.2, 0.25) is 0 Å². The van der Waals surface area contributed by atoms with Gasteiger partial charge in [-0.2, -0.15) is 0 Å². The number of rotatable bonds is 7. The number of hydrogen-bond donors (Lipinski definition) is 3. The Bertz CT molecular complexity index is 138. The molecule has 0 fully saturated rings. The zero-order chi connectivity index (χ0) is 10.1. The number of amides is 1. The van der Waals surface area contributed by atoms with Crippen molar-refractivity contribution in [3.05, 3.63) is 0 Å². The van der Waals surface area contributed by atoms with Gasteiger partial charge in [-0.05, 0) is 31.8 Å². The van der Waals surface area contributed by atoms with Gasteiger partial charge in [0, 0.05) is 6.54 Å². The van der Waals surface area contributed by atoms with E-state index in [0.29, 0.717) is 6.54 Å². The third kappa shape index (κ3) is 11.2. The monoisotopic (exact) mass is 188 g/mol. The normalized spacial score (nSPS) is 10.4. The molecule has 0 rings (SSSR count). The highest BCUT2D eigenvalue weighted by Gasteiger charge is 1.94. The number of carboxylic acid groups (broad SMARTS) is 1. The SMILES string of the molecule is CC(C)CCNCCCNC(=O)O. The Balaban J connectivity index is 2.96. The van der Waals surface area contributed by atoms with Crippen LogP contribution in [0, 0.1) is 5.92 Å². The summed E-state index contributed by atoms with van der Waals surface area (Å²) in [5.41, 5.74) is 0. The van der Waals surface area contributed by atoms with E-state index in [-0.39, 0.29) is 0 Å². The summed E-state index contributed by atoms with van der Waals surface area (Å²) in [6.45, 7) is 6.81. The van der Waals surface area contributed by atoms with Crippen LogP contribution in [0.2, 0.25) is 0 Å². The lowest BCUT2D eigenvalue weighted by Crippen LogP contribution is -2.26. The molecule has 0 bridgehead atoms. The molecule has 13 heavy (non-hydrogen) atoms. The lowest BCUT2D eigenvalue weighted by Gasteiger charge is -2.06. The molecule has 3 N–H and O–H groups in total. The zero-order valence-electron chi connectivity index (χ0n) is 8.47. The van der Waals surface area contributed by atoms with Gasteiger partial charge < -0.3 is 15.7 Å². The Morgan fingerprint density at radius 3 is 2.54 bits per heavy atom. The molecule has 4 heteroatoms. The van der Waals surface area contributed by atoms with Crippen molar-refractivity contribution in [3.8, 4) is 0 Å². The van der Waals surface area contributed by atoms with Crippen molar-refractivity contribution in [3.63, 3.8) is 0 Å². The minimum Gasteiger partial charge on any atom is -0.465 e. The van der Waals surface area contributed by atoms with E-state index in [9.17, 15) is 4.79 Å². The van der Waals surface area contributed by atoms with E-state index in [1.807, 2.05) is 0 Å². The summed E-state index contributed by atoms with van der Waals surface area (Å²) < 4.78 is 0. The fourth-order valence-electron chi connectivity index (χ4n) is 0.924. The Kier molecular flexibility index (Phi) is 7.39. The van der Waals surface area contributed by atoms with Gasteiger partial charge in [0.15, 0.2) is 0 Å². The van der Waals surface area contributed by atoms with Crippen LogP contribution in [0.5, 0.6) is 0 Å². The van der Waals surface area contributed by atoms with Gasteiger partial charge in [-0.1, -0.05) is 13.8 Å². The molecule has 0 aliphatic rings. The van der Waals surface area contributed by atoms with E-state index in [4.69, 9.17) is 5.11 Å². The largest absolute Gasteiger partial charge is 0.465 e. The maximum atomic E-state index is 10.0. The van der Waals surface area contributed by atoms with E-state index >= 15 is 0 Å². The summed E-state index contributed by atoms with van der Waals surface area (Å²) >= 11 is 0. The first-order valence-corrected chi connectivity index (χ1v) is 4.80. The molecule has 0 spiro atoms. The van der Waals surface area contributed by atoms with Crippen LogP contribution < -0.4 is 10.6 Å². The smallest absolute Gasteiger partial charge is 0.404 e. The van der Waals surface area contributed by atoms with Gasteiger partial charge in [-0.3, -0.25) is 0 Å². The average molecular weight is 188 g/mol. The van der Waals surface area contributed by atoms with Crippen molar-refractivity contribution in [2.45, 2.75) is 26.7 Å². The lowest BCUT2D eigenvalue weighted by atomic mass is 10.1. The van der Waals surface area contributed by atoms with Crippen molar-refractivity contribution in [2.24, 2.45) is 5.92 Å². The van der Waals surface area contributed by atoms with E-state index in [1.165, 1.54) is 6.42 Å². The van der Waals surface area contributed by atoms with E-state index in [0.717, 1.165) is 25.4 Å². The average Bonchev–Trinajstić information content (AvgIpc) is 2.01. The van der Waals surface area contributed by atoms with E-state index < -0.39 is 6.09 Å². The maximum absolute atomic E-state index is 10.0. The van der Waals surface area contributed by atoms with Crippen LogP contribution in [0.15, 0.2) is 0 Å². The fraction of sp³-hybridized carbons (Fsp3) is 0.889. The molecule has 0 saturated carbocycles. The first kappa shape index (κ1) is 12.2. The second-order valence-electron chi connectivity index (χ2n) is 3.52. The van der Waals surface area contributed by atoms with Crippen LogP contribution in [0.3, 0.4) is 0 Å². The highest BCUT2D eigenvalue weighted by atomic mass is 16.4. The molecule has 0 unspecified atom stereocenters. The van der Waals surface area contributed by atoms with Crippen molar-refractivity contribution in [2.75, 3.05) is 19.6 Å². The lowest BCUT2D eigenvalue weighted by molar-refractivity contribution is 0.194. The Morgan fingerprint density at radius 2 is 2.00 bits per heavy atom. The number of hydrogen-bond acceptors (Lipinski definition) is 2. The molecular formula is C9H20N2O2. The minimum atomic E-state index is -0.942. The van der Waals surface area contributed by atoms with Crippen molar-refractivity contribution in [1.82, 2.24) is 10.6 Å². The van der Waals surface area contributed by atoms with Crippen molar-refractivity contribution < 1.29 is 9.90 Å². The molecule has 0 aliphatic carbocycles. The van der Waals surface area contributed by atoms with Gasteiger partial charge in [-0.25, -0.2) is 4.79 Å². The fourth-order valence-corrected chi connectivity index (χ4v) is 0.924. The van der Waals surface area contributed by atoms with Crippen LogP contribution in [-0.4, -0.2) is 30.8 Å². The van der Waals surface area contributed by atoms with Gasteiger partial charge in [0.25, 0.3) is 0 Å². The summed E-state index contributed by atoms with van der Waals surface area (Å²) in [7, 11) is 0. The van der Waals surface area contributed by atoms with Gasteiger partial charge in [0.05, 0.1) is 0 Å². The molecule has 0 aromatic rings. The third-order valence-corrected chi connectivity index (χ3v) is 1.71. The molecule has 0 heterocycles. The number of carbonyl (C=O) groups is 1. The van der Waals surface area contributed by atoms with Crippen LogP contribution in [0.4, 0.5) is 4.79 Å². The van der Waals surface area contributed by atoms with Crippen molar-refractivity contribution >= 4 is 6.09 Å². The topological polar surface area (TPSA) is 61.4 Å². The van der Waals surface area contributed by atoms with E-state index in [2.05, 4.69) is 24.5 Å². The maximum Gasteiger partial charge on any atom is 0.404 e. The van der Waals surface area contributed by atoms with Crippen molar-refractivity contribution in [1.29, 1.82) is 0 Å². The standard InChI is InChI=1S/C9H20N2O2/c1-8(2)4-7-10-5-3-6-11-9(12)13/h8,10-11H,3-7H2,1-2H3,(H,12,13). The first-order chi connectivity index (χ1) is 6.13. The second-order valence-corrected chi connectivity index (χ2v) is 3.52. The number of nitrogens with one attached hydrogen (secondary N) is 2. The van der Waals surface area contributed by atoms with Gasteiger partial charge in [0.1, 0.15) is 0 Å². The van der Waals surface area contributed by atoms with Crippen LogP contribution in [-0.2, 0) is 0 Å². The Morgan fingerprint density at radius 1 is 1.31 bits per heavy atom. The Labute approximate surface area is 79.7 Å². The molecule has 0 saturated heterocycles. The molecule has 0 aromatic carbocycles. The molecule has 0 radical (unpaired) electrons. The van der Waals surface area contributed by atoms with Crippen LogP contribution in [0.1, 0.15) is 26.7 Å². The van der Waals surface area contributed by atoms with Crippen LogP contribution in [0.25, 0.3) is 0 Å². The second kappa shape index (κ2) is 7.86. The third-order valence-electron chi connectivity index (χ3n) is 1.71. The van der Waals surface area contributed by atoms with Gasteiger partial charge >= 0.3 is 6.09 Å². The minimum absolute atomic E-state index is 0.532. The summed E-state index contributed by atoms with van der Waals surface area (Å²) in [5, 5.41) is 13.8. The highest BCUT2D eigenvalue weighted by Crippen LogP contribution is 1.95.